The Morgan fingerprint density at radius 2 is 0.694 bits per heavy atom. The highest BCUT2D eigenvalue weighted by Gasteiger charge is 2.23. The highest BCUT2D eigenvalue weighted by atomic mass is 15.0. The fourth-order valence-corrected chi connectivity index (χ4v) is 9.17. The van der Waals surface area contributed by atoms with Gasteiger partial charge < -0.3 is 9.13 Å². The van der Waals surface area contributed by atoms with Crippen molar-refractivity contribution >= 4 is 43.6 Å². The first-order valence-corrected chi connectivity index (χ1v) is 21.0. The Morgan fingerprint density at radius 3 is 1.23 bits per heavy atom. The molecule has 62 heavy (non-hydrogen) atoms. The first kappa shape index (κ1) is 35.5. The molecule has 12 aromatic rings. The van der Waals surface area contributed by atoms with Crippen LogP contribution in [0.25, 0.3) is 111 Å². The van der Waals surface area contributed by atoms with E-state index in [0.717, 1.165) is 55.8 Å². The average molecular weight is 792 g/mol. The van der Waals surface area contributed by atoms with Crippen LogP contribution >= 0.6 is 0 Å². The van der Waals surface area contributed by atoms with Crippen LogP contribution in [0.3, 0.4) is 0 Å². The number of hydrogen-bond donors (Lipinski definition) is 0. The van der Waals surface area contributed by atoms with Crippen molar-refractivity contribution in [2.24, 2.45) is 0 Å². The van der Waals surface area contributed by atoms with Gasteiger partial charge in [0.15, 0.2) is 17.5 Å². The molecule has 0 aliphatic carbocycles. The minimum atomic E-state index is 0.607. The SMILES string of the molecule is c1ccc(-c2nc(-c3ccccc3)nc(-c3ccc(-c4ccccc4)c(-n4c5ccccc5c5c(-c6ccccc6)cc(-n6c7ccccc7c7ccccc76)cc54)c3)n2)cc1. The van der Waals surface area contributed by atoms with Gasteiger partial charge in [-0.25, -0.2) is 15.0 Å². The van der Waals surface area contributed by atoms with Crippen molar-refractivity contribution < 1.29 is 0 Å². The summed E-state index contributed by atoms with van der Waals surface area (Å²) in [5.41, 5.74) is 14.0. The number of hydrogen-bond acceptors (Lipinski definition) is 3. The van der Waals surface area contributed by atoms with E-state index in [2.05, 4.69) is 197 Å². The summed E-state index contributed by atoms with van der Waals surface area (Å²) in [6.45, 7) is 0. The third kappa shape index (κ3) is 5.90. The van der Waals surface area contributed by atoms with Crippen LogP contribution in [0.4, 0.5) is 0 Å². The second-order valence-electron chi connectivity index (χ2n) is 15.6. The van der Waals surface area contributed by atoms with Crippen LogP contribution in [0.15, 0.2) is 224 Å². The van der Waals surface area contributed by atoms with Crippen molar-refractivity contribution in [3.05, 3.63) is 224 Å². The number of benzene rings is 9. The lowest BCUT2D eigenvalue weighted by Crippen LogP contribution is -2.03. The fourth-order valence-electron chi connectivity index (χ4n) is 9.17. The summed E-state index contributed by atoms with van der Waals surface area (Å²) in [5, 5.41) is 4.83. The summed E-state index contributed by atoms with van der Waals surface area (Å²) < 4.78 is 4.88. The second-order valence-corrected chi connectivity index (χ2v) is 15.6. The molecule has 0 saturated carbocycles. The van der Waals surface area contributed by atoms with E-state index in [-0.39, 0.29) is 0 Å². The molecule has 12 rings (SSSR count). The van der Waals surface area contributed by atoms with Gasteiger partial charge in [0.05, 0.1) is 27.8 Å². The minimum absolute atomic E-state index is 0.607. The lowest BCUT2D eigenvalue weighted by Gasteiger charge is -2.18. The van der Waals surface area contributed by atoms with Gasteiger partial charge in [-0.3, -0.25) is 0 Å². The molecule has 5 nitrogen and oxygen atoms in total. The predicted molar refractivity (Wildman–Crippen MR) is 256 cm³/mol. The van der Waals surface area contributed by atoms with Crippen LogP contribution in [0.2, 0.25) is 0 Å². The van der Waals surface area contributed by atoms with Gasteiger partial charge in [0.1, 0.15) is 0 Å². The molecular formula is C57H37N5. The maximum Gasteiger partial charge on any atom is 0.164 e. The summed E-state index contributed by atoms with van der Waals surface area (Å²) in [6, 6.07) is 79.4. The van der Waals surface area contributed by atoms with Gasteiger partial charge >= 0.3 is 0 Å². The van der Waals surface area contributed by atoms with Crippen LogP contribution < -0.4 is 0 Å². The molecular weight excluding hydrogens is 755 g/mol. The third-order valence-electron chi connectivity index (χ3n) is 12.0. The van der Waals surface area contributed by atoms with Crippen LogP contribution in [-0.2, 0) is 0 Å². The lowest BCUT2D eigenvalue weighted by atomic mass is 9.98. The Morgan fingerprint density at radius 1 is 0.274 bits per heavy atom. The van der Waals surface area contributed by atoms with Crippen molar-refractivity contribution in [2.75, 3.05) is 0 Å². The first-order valence-electron chi connectivity index (χ1n) is 21.0. The van der Waals surface area contributed by atoms with Gasteiger partial charge in [-0.2, -0.15) is 0 Å². The minimum Gasteiger partial charge on any atom is -0.309 e. The molecule has 0 bridgehead atoms. The Hall–Kier alpha value is -8.41. The smallest absolute Gasteiger partial charge is 0.164 e. The zero-order valence-corrected chi connectivity index (χ0v) is 33.6. The summed E-state index contributed by atoms with van der Waals surface area (Å²) in [6.07, 6.45) is 0. The molecule has 0 amide bonds. The van der Waals surface area contributed by atoms with Crippen molar-refractivity contribution in [3.63, 3.8) is 0 Å². The molecule has 3 heterocycles. The van der Waals surface area contributed by atoms with E-state index in [1.807, 2.05) is 36.4 Å². The number of aromatic nitrogens is 5. The summed E-state index contributed by atoms with van der Waals surface area (Å²) in [7, 11) is 0. The lowest BCUT2D eigenvalue weighted by molar-refractivity contribution is 1.07. The van der Waals surface area contributed by atoms with E-state index in [1.165, 1.54) is 38.1 Å². The molecule has 9 aromatic carbocycles. The van der Waals surface area contributed by atoms with Crippen molar-refractivity contribution in [2.45, 2.75) is 0 Å². The highest BCUT2D eigenvalue weighted by molar-refractivity contribution is 6.17. The van der Waals surface area contributed by atoms with Crippen LogP contribution in [0, 0.1) is 0 Å². The van der Waals surface area contributed by atoms with Crippen LogP contribution in [0.1, 0.15) is 0 Å². The van der Waals surface area contributed by atoms with Gasteiger partial charge in [-0.05, 0) is 53.1 Å². The number of para-hydroxylation sites is 3. The van der Waals surface area contributed by atoms with Crippen molar-refractivity contribution in [1.29, 1.82) is 0 Å². The highest BCUT2D eigenvalue weighted by Crippen LogP contribution is 2.44. The zero-order valence-electron chi connectivity index (χ0n) is 33.6. The molecule has 5 heteroatoms. The molecule has 0 aliphatic rings. The molecule has 0 N–H and O–H groups in total. The normalized spacial score (nSPS) is 11.5. The summed E-state index contributed by atoms with van der Waals surface area (Å²) in [5.74, 6) is 1.86. The maximum atomic E-state index is 5.17. The molecule has 0 atom stereocenters. The summed E-state index contributed by atoms with van der Waals surface area (Å²) in [4.78, 5) is 15.4. The number of nitrogens with zero attached hydrogens (tertiary/aromatic N) is 5. The van der Waals surface area contributed by atoms with E-state index in [1.54, 1.807) is 0 Å². The number of rotatable bonds is 7. The Balaban J connectivity index is 1.19. The van der Waals surface area contributed by atoms with Crippen molar-refractivity contribution in [3.8, 4) is 67.8 Å². The predicted octanol–water partition coefficient (Wildman–Crippen LogP) is 14.4. The van der Waals surface area contributed by atoms with Gasteiger partial charge in [-0.1, -0.05) is 188 Å². The summed E-state index contributed by atoms with van der Waals surface area (Å²) >= 11 is 0. The second kappa shape index (κ2) is 14.7. The van der Waals surface area contributed by atoms with Gasteiger partial charge in [0.25, 0.3) is 0 Å². The topological polar surface area (TPSA) is 48.5 Å². The Bertz CT molecular complexity index is 3500. The third-order valence-corrected chi connectivity index (χ3v) is 12.0. The van der Waals surface area contributed by atoms with E-state index < -0.39 is 0 Å². The molecule has 0 saturated heterocycles. The van der Waals surface area contributed by atoms with Crippen LogP contribution in [0.5, 0.6) is 0 Å². The fraction of sp³-hybridized carbons (Fsp3) is 0. The zero-order chi connectivity index (χ0) is 41.0. The van der Waals surface area contributed by atoms with E-state index in [0.29, 0.717) is 17.5 Å². The Kier molecular flexibility index (Phi) is 8.42. The molecule has 290 valence electrons. The maximum absolute atomic E-state index is 5.17. The van der Waals surface area contributed by atoms with Gasteiger partial charge in [-0.15, -0.1) is 0 Å². The molecule has 0 aliphatic heterocycles. The average Bonchev–Trinajstić information content (AvgIpc) is 3.87. The van der Waals surface area contributed by atoms with Gasteiger partial charge in [0, 0.05) is 49.5 Å². The monoisotopic (exact) mass is 791 g/mol. The molecule has 0 unspecified atom stereocenters. The van der Waals surface area contributed by atoms with Gasteiger partial charge in [0.2, 0.25) is 0 Å². The van der Waals surface area contributed by atoms with E-state index in [9.17, 15) is 0 Å². The largest absolute Gasteiger partial charge is 0.309 e. The standard InChI is InChI=1S/C57H37N5/c1-5-19-38(20-6-1)44-34-33-42(57-59-55(40-23-9-3-10-24-40)58-56(60-57)41-25-11-4-12-26-41)35-52(44)62-51-32-18-15-29-47(51)54-48(39-21-7-2-8-22-39)36-43(37-53(54)62)61-49-30-16-13-27-45(49)46-28-14-17-31-50(46)61/h1-37H. The first-order chi connectivity index (χ1) is 30.8. The van der Waals surface area contributed by atoms with Crippen LogP contribution in [-0.4, -0.2) is 24.1 Å². The van der Waals surface area contributed by atoms with Crippen molar-refractivity contribution in [1.82, 2.24) is 24.1 Å². The molecule has 0 fully saturated rings. The molecule has 3 aromatic heterocycles. The molecule has 0 spiro atoms. The molecule has 0 radical (unpaired) electrons. The number of fused-ring (bicyclic) bond motifs is 6. The quantitative estimate of drug-likeness (QED) is 0.162. The Labute approximate surface area is 358 Å². The van der Waals surface area contributed by atoms with E-state index in [4.69, 9.17) is 15.0 Å². The van der Waals surface area contributed by atoms with E-state index >= 15 is 0 Å².